The SMILES string of the molecule is C=C(C)C(=O)OCC(COC(=O)C(=C)CO)c1ccc(C2CCC(CCCCC)CC2)cc1. The van der Waals surface area contributed by atoms with E-state index in [0.717, 1.165) is 11.5 Å². The lowest BCUT2D eigenvalue weighted by atomic mass is 9.77. The summed E-state index contributed by atoms with van der Waals surface area (Å²) in [5.74, 6) is 0.0289. The number of benzene rings is 1. The van der Waals surface area contributed by atoms with Gasteiger partial charge in [-0.25, -0.2) is 9.59 Å². The molecule has 5 nitrogen and oxygen atoms in total. The van der Waals surface area contributed by atoms with Crippen LogP contribution in [0.5, 0.6) is 0 Å². The highest BCUT2D eigenvalue weighted by molar-refractivity contribution is 5.88. The van der Waals surface area contributed by atoms with Crippen molar-refractivity contribution in [3.05, 3.63) is 59.7 Å². The van der Waals surface area contributed by atoms with Crippen LogP contribution in [0.15, 0.2) is 48.6 Å². The molecule has 0 aliphatic heterocycles. The van der Waals surface area contributed by atoms with E-state index < -0.39 is 18.5 Å². The van der Waals surface area contributed by atoms with Crippen molar-refractivity contribution >= 4 is 11.9 Å². The molecule has 0 heterocycles. The summed E-state index contributed by atoms with van der Waals surface area (Å²) in [5, 5.41) is 9.07. The standard InChI is InChI=1S/C28H40O5/c1-5-6-7-8-22-9-11-23(12-10-22)24-13-15-25(16-14-24)26(18-32-27(30)20(2)3)19-33-28(31)21(4)17-29/h13-16,22-23,26,29H,2,4-12,17-19H2,1,3H3. The quantitative estimate of drug-likeness (QED) is 0.229. The highest BCUT2D eigenvalue weighted by Crippen LogP contribution is 2.38. The van der Waals surface area contributed by atoms with E-state index in [2.05, 4.69) is 32.2 Å². The van der Waals surface area contributed by atoms with Crippen molar-refractivity contribution in [1.29, 1.82) is 0 Å². The molecule has 1 aliphatic carbocycles. The van der Waals surface area contributed by atoms with Gasteiger partial charge in [-0.2, -0.15) is 0 Å². The zero-order valence-electron chi connectivity index (χ0n) is 20.3. The molecule has 0 spiro atoms. The van der Waals surface area contributed by atoms with Crippen molar-refractivity contribution in [3.63, 3.8) is 0 Å². The van der Waals surface area contributed by atoms with Crippen LogP contribution in [0, 0.1) is 5.92 Å². The largest absolute Gasteiger partial charge is 0.462 e. The Morgan fingerprint density at radius 3 is 2.15 bits per heavy atom. The van der Waals surface area contributed by atoms with Gasteiger partial charge in [0.2, 0.25) is 0 Å². The van der Waals surface area contributed by atoms with Crippen LogP contribution in [0.4, 0.5) is 0 Å². The van der Waals surface area contributed by atoms with E-state index >= 15 is 0 Å². The number of esters is 2. The van der Waals surface area contributed by atoms with Crippen molar-refractivity contribution in [3.8, 4) is 0 Å². The Bertz CT molecular complexity index is 787. The van der Waals surface area contributed by atoms with Crippen LogP contribution in [0.2, 0.25) is 0 Å². The Kier molecular flexibility index (Phi) is 11.4. The average molecular weight is 457 g/mol. The molecule has 2 rings (SSSR count). The zero-order chi connectivity index (χ0) is 24.2. The summed E-state index contributed by atoms with van der Waals surface area (Å²) in [5.41, 5.74) is 2.59. The molecule has 0 amide bonds. The summed E-state index contributed by atoms with van der Waals surface area (Å²) >= 11 is 0. The average Bonchev–Trinajstić information content (AvgIpc) is 2.84. The molecule has 1 N–H and O–H groups in total. The first-order chi connectivity index (χ1) is 15.8. The van der Waals surface area contributed by atoms with Gasteiger partial charge in [0.1, 0.15) is 13.2 Å². The van der Waals surface area contributed by atoms with Crippen LogP contribution in [-0.4, -0.2) is 36.9 Å². The Labute approximate surface area is 198 Å². The van der Waals surface area contributed by atoms with Gasteiger partial charge in [0.25, 0.3) is 0 Å². The highest BCUT2D eigenvalue weighted by Gasteiger charge is 2.23. The molecule has 0 aromatic heterocycles. The van der Waals surface area contributed by atoms with Gasteiger partial charge in [-0.05, 0) is 55.6 Å². The zero-order valence-corrected chi connectivity index (χ0v) is 20.3. The molecule has 1 fully saturated rings. The maximum atomic E-state index is 11.9. The summed E-state index contributed by atoms with van der Waals surface area (Å²) in [6, 6.07) is 8.38. The minimum Gasteiger partial charge on any atom is -0.462 e. The fourth-order valence-electron chi connectivity index (χ4n) is 4.39. The molecule has 1 atom stereocenters. The van der Waals surface area contributed by atoms with E-state index in [1.807, 2.05) is 12.1 Å². The van der Waals surface area contributed by atoms with Gasteiger partial charge in [-0.15, -0.1) is 0 Å². The van der Waals surface area contributed by atoms with Gasteiger partial charge in [-0.3, -0.25) is 0 Å². The third-order valence-electron chi connectivity index (χ3n) is 6.60. The van der Waals surface area contributed by atoms with Crippen LogP contribution < -0.4 is 0 Å². The monoisotopic (exact) mass is 456 g/mol. The fourth-order valence-corrected chi connectivity index (χ4v) is 4.39. The first-order valence-corrected chi connectivity index (χ1v) is 12.2. The predicted molar refractivity (Wildman–Crippen MR) is 131 cm³/mol. The fraction of sp³-hybridized carbons (Fsp3) is 0.571. The first kappa shape index (κ1) is 26.8. The molecule has 33 heavy (non-hydrogen) atoms. The Hall–Kier alpha value is -2.40. The Balaban J connectivity index is 1.99. The summed E-state index contributed by atoms with van der Waals surface area (Å²) in [6.07, 6.45) is 10.4. The first-order valence-electron chi connectivity index (χ1n) is 12.2. The van der Waals surface area contributed by atoms with Crippen molar-refractivity contribution in [2.45, 2.75) is 77.0 Å². The number of ether oxygens (including phenoxy) is 2. The summed E-state index contributed by atoms with van der Waals surface area (Å²) in [7, 11) is 0. The smallest absolute Gasteiger partial charge is 0.335 e. The summed E-state index contributed by atoms with van der Waals surface area (Å²) in [4.78, 5) is 23.8. The molecule has 0 radical (unpaired) electrons. The minimum absolute atomic E-state index is 0.00618. The summed E-state index contributed by atoms with van der Waals surface area (Å²) < 4.78 is 10.6. The number of hydrogen-bond acceptors (Lipinski definition) is 5. The van der Waals surface area contributed by atoms with Crippen molar-refractivity contribution < 1.29 is 24.2 Å². The lowest BCUT2D eigenvalue weighted by Gasteiger charge is -2.29. The van der Waals surface area contributed by atoms with Crippen LogP contribution in [0.1, 0.15) is 88.2 Å². The van der Waals surface area contributed by atoms with Gasteiger partial charge < -0.3 is 14.6 Å². The molecular weight excluding hydrogens is 416 g/mol. The van der Waals surface area contributed by atoms with Gasteiger partial charge in [0.05, 0.1) is 18.1 Å². The molecule has 1 aliphatic rings. The maximum Gasteiger partial charge on any atom is 0.335 e. The molecule has 1 unspecified atom stereocenters. The molecule has 1 aromatic carbocycles. The number of carbonyl (C=O) groups is 2. The van der Waals surface area contributed by atoms with E-state index in [4.69, 9.17) is 14.6 Å². The van der Waals surface area contributed by atoms with E-state index in [-0.39, 0.29) is 24.7 Å². The van der Waals surface area contributed by atoms with Crippen LogP contribution in [0.3, 0.4) is 0 Å². The van der Waals surface area contributed by atoms with Gasteiger partial charge in [-0.1, -0.05) is 70.0 Å². The topological polar surface area (TPSA) is 72.8 Å². The van der Waals surface area contributed by atoms with Gasteiger partial charge in [0, 0.05) is 5.57 Å². The Morgan fingerprint density at radius 1 is 1.00 bits per heavy atom. The molecular formula is C28H40O5. The van der Waals surface area contributed by atoms with Crippen molar-refractivity contribution in [1.82, 2.24) is 0 Å². The third-order valence-corrected chi connectivity index (χ3v) is 6.60. The molecule has 0 saturated heterocycles. The molecule has 1 saturated carbocycles. The lowest BCUT2D eigenvalue weighted by molar-refractivity contribution is -0.142. The molecule has 1 aromatic rings. The molecule has 0 bridgehead atoms. The van der Waals surface area contributed by atoms with Crippen LogP contribution in [0.25, 0.3) is 0 Å². The minimum atomic E-state index is -0.652. The van der Waals surface area contributed by atoms with E-state index in [0.29, 0.717) is 11.5 Å². The second-order valence-corrected chi connectivity index (χ2v) is 9.32. The molecule has 182 valence electrons. The number of aliphatic hydroxyl groups excluding tert-OH is 1. The van der Waals surface area contributed by atoms with Crippen molar-refractivity contribution in [2.75, 3.05) is 19.8 Å². The van der Waals surface area contributed by atoms with Crippen molar-refractivity contribution in [2.24, 2.45) is 5.92 Å². The second-order valence-electron chi connectivity index (χ2n) is 9.32. The van der Waals surface area contributed by atoms with Gasteiger partial charge in [0.15, 0.2) is 0 Å². The Morgan fingerprint density at radius 2 is 1.61 bits per heavy atom. The maximum absolute atomic E-state index is 11.9. The number of rotatable bonds is 13. The van der Waals surface area contributed by atoms with E-state index in [1.54, 1.807) is 6.92 Å². The van der Waals surface area contributed by atoms with E-state index in [1.165, 1.54) is 56.9 Å². The van der Waals surface area contributed by atoms with Gasteiger partial charge >= 0.3 is 11.9 Å². The number of carbonyl (C=O) groups excluding carboxylic acids is 2. The summed E-state index contributed by atoms with van der Waals surface area (Å²) in [6.45, 7) is 10.6. The highest BCUT2D eigenvalue weighted by atomic mass is 16.5. The predicted octanol–water partition coefficient (Wildman–Crippen LogP) is 5.84. The second kappa shape index (κ2) is 14.0. The normalized spacial score (nSPS) is 18.9. The van der Waals surface area contributed by atoms with Crippen LogP contribution >= 0.6 is 0 Å². The molecule has 5 heteroatoms. The lowest BCUT2D eigenvalue weighted by Crippen LogP contribution is -2.21. The van der Waals surface area contributed by atoms with Crippen LogP contribution in [-0.2, 0) is 19.1 Å². The number of unbranched alkanes of at least 4 members (excludes halogenated alkanes) is 2. The third kappa shape index (κ3) is 8.81. The van der Waals surface area contributed by atoms with E-state index in [9.17, 15) is 9.59 Å². The number of aliphatic hydroxyl groups is 1. The number of hydrogen-bond donors (Lipinski definition) is 1.